The first-order valence-corrected chi connectivity index (χ1v) is 19.8. The number of hydrogen-bond acceptors (Lipinski definition) is 0. The molecular weight excluding hydrogens is 628 g/mol. The zero-order valence-electron chi connectivity index (χ0n) is 28.3. The molecule has 238 valence electrons. The molecule has 1 aliphatic heterocycles. The number of anilines is 2. The van der Waals surface area contributed by atoms with Gasteiger partial charge in [-0.1, -0.05) is 100 Å². The number of hydrogen-bond donors (Lipinski definition) is 0. The van der Waals surface area contributed by atoms with Gasteiger partial charge in [-0.3, -0.25) is 0 Å². The van der Waals surface area contributed by atoms with Gasteiger partial charge in [0.05, 0.1) is 0 Å². The van der Waals surface area contributed by atoms with Crippen molar-refractivity contribution in [3.05, 3.63) is 57.6 Å². The van der Waals surface area contributed by atoms with Gasteiger partial charge in [0.2, 0.25) is 0 Å². The van der Waals surface area contributed by atoms with Crippen molar-refractivity contribution in [2.75, 3.05) is 22.9 Å². The van der Waals surface area contributed by atoms with E-state index in [0.717, 1.165) is 30.1 Å². The molecule has 3 aliphatic carbocycles. The molecule has 0 atom stereocenters. The summed E-state index contributed by atoms with van der Waals surface area (Å²) >= 11 is 0. The van der Waals surface area contributed by atoms with Crippen LogP contribution in [0.4, 0.5) is 11.4 Å². The normalized spacial score (nSPS) is 21.4. The smallest absolute Gasteiger partial charge is 0.109 e. The van der Waals surface area contributed by atoms with Crippen molar-refractivity contribution in [2.45, 2.75) is 155 Å². The van der Waals surface area contributed by atoms with Gasteiger partial charge in [-0.25, -0.2) is 0 Å². The summed E-state index contributed by atoms with van der Waals surface area (Å²) in [6, 6.07) is 9.86. The number of aryl methyl sites for hydroxylation is 6. The summed E-state index contributed by atoms with van der Waals surface area (Å²) < 4.78 is 0. The third-order valence-electron chi connectivity index (χ3n) is 11.7. The molecular formula is C39H59N2PRu. The van der Waals surface area contributed by atoms with E-state index in [1.807, 2.05) is 5.54 Å². The maximum atomic E-state index is 2.98. The maximum Gasteiger partial charge on any atom is 0.109 e. The van der Waals surface area contributed by atoms with Gasteiger partial charge in [-0.05, 0) is 119 Å². The molecule has 0 N–H and O–H groups in total. The van der Waals surface area contributed by atoms with E-state index in [2.05, 4.69) is 75.6 Å². The molecule has 3 saturated carbocycles. The Balaban J connectivity index is 0.00000368. The van der Waals surface area contributed by atoms with Gasteiger partial charge in [0, 0.05) is 43.9 Å². The topological polar surface area (TPSA) is 6.48 Å². The second kappa shape index (κ2) is 14.2. The summed E-state index contributed by atoms with van der Waals surface area (Å²) in [7, 11) is 0. The molecule has 2 aromatic carbocycles. The molecule has 4 fully saturated rings. The van der Waals surface area contributed by atoms with Crippen LogP contribution in [0.3, 0.4) is 0 Å². The van der Waals surface area contributed by atoms with Crippen LogP contribution in [0.2, 0.25) is 0 Å². The van der Waals surface area contributed by atoms with Crippen LogP contribution in [0.1, 0.15) is 130 Å². The average molecular weight is 688 g/mol. The van der Waals surface area contributed by atoms with Gasteiger partial charge < -0.3 is 9.80 Å². The summed E-state index contributed by atoms with van der Waals surface area (Å²) in [6.07, 6.45) is 22.1. The molecule has 1 heterocycles. The Morgan fingerprint density at radius 1 is 0.465 bits per heavy atom. The fraction of sp³-hybridized carbons (Fsp3) is 0.667. The zero-order valence-corrected chi connectivity index (χ0v) is 30.9. The summed E-state index contributed by atoms with van der Waals surface area (Å²) in [4.78, 5) is 5.96. The van der Waals surface area contributed by atoms with Crippen LogP contribution in [0.25, 0.3) is 0 Å². The average Bonchev–Trinajstić information content (AvgIpc) is 3.38. The SMILES string of the molecule is Cc1cc(C)c(N2CCN(c3c(C)cc(C)cc3C)C2=P(C2CCCCC2)(C2CCCCC2)C2CCCCC2)c(C)c1.[Ru]. The van der Waals surface area contributed by atoms with E-state index in [4.69, 9.17) is 0 Å². The second-order valence-corrected chi connectivity index (χ2v) is 19.1. The standard InChI is InChI=1S/C39H59N2P.Ru/c1-28-24-30(3)37(31(4)25-28)40-22-23-41(38-32(5)26-29(2)27-33(38)6)39(40)42(34-16-10-7-11-17-34,35-18-12-8-13-19-35)36-20-14-9-15-21-36;/h24-27,34-36H,7-23H2,1-6H3;. The Labute approximate surface area is 277 Å². The van der Waals surface area contributed by atoms with Gasteiger partial charge >= 0.3 is 0 Å². The Hall–Kier alpha value is -1.04. The number of rotatable bonds is 5. The summed E-state index contributed by atoms with van der Waals surface area (Å²) in [6.45, 7) is 14.9. The first kappa shape index (κ1) is 33.3. The van der Waals surface area contributed by atoms with E-state index >= 15 is 0 Å². The van der Waals surface area contributed by atoms with E-state index in [1.165, 1.54) is 130 Å². The molecule has 2 aromatic rings. The fourth-order valence-corrected chi connectivity index (χ4v) is 18.2. The molecule has 0 unspecified atom stereocenters. The molecule has 0 aromatic heterocycles. The second-order valence-electron chi connectivity index (χ2n) is 14.8. The molecule has 0 spiro atoms. The Kier molecular flexibility index (Phi) is 11.0. The molecule has 0 bridgehead atoms. The van der Waals surface area contributed by atoms with Gasteiger partial charge in [0.25, 0.3) is 0 Å². The third-order valence-corrected chi connectivity index (χ3v) is 18.1. The van der Waals surface area contributed by atoms with Crippen molar-refractivity contribution in [1.82, 2.24) is 0 Å². The van der Waals surface area contributed by atoms with Gasteiger partial charge in [-0.15, -0.1) is 0 Å². The molecule has 0 radical (unpaired) electrons. The monoisotopic (exact) mass is 688 g/mol. The number of nitrogens with zero attached hydrogens (tertiary/aromatic N) is 2. The van der Waals surface area contributed by atoms with Gasteiger partial charge in [0.15, 0.2) is 0 Å². The molecule has 0 amide bonds. The van der Waals surface area contributed by atoms with E-state index in [9.17, 15) is 0 Å². The quantitative estimate of drug-likeness (QED) is 0.228. The molecule has 6 rings (SSSR count). The van der Waals surface area contributed by atoms with Crippen molar-refractivity contribution in [2.24, 2.45) is 0 Å². The summed E-state index contributed by atoms with van der Waals surface area (Å²) in [5.41, 5.74) is 16.5. The van der Waals surface area contributed by atoms with Crippen LogP contribution in [-0.4, -0.2) is 35.6 Å². The maximum absolute atomic E-state index is 2.98. The van der Waals surface area contributed by atoms with Crippen molar-refractivity contribution in [1.29, 1.82) is 0 Å². The first-order valence-electron chi connectivity index (χ1n) is 17.8. The minimum atomic E-state index is -1.55. The van der Waals surface area contributed by atoms with E-state index < -0.39 is 6.89 Å². The summed E-state index contributed by atoms with van der Waals surface area (Å²) in [5, 5.41) is 0. The first-order chi connectivity index (χ1) is 20.3. The molecule has 4 heteroatoms. The largest absolute Gasteiger partial charge is 0.326 e. The Morgan fingerprint density at radius 2 is 0.744 bits per heavy atom. The Bertz CT molecular complexity index is 1160. The van der Waals surface area contributed by atoms with Gasteiger partial charge in [-0.2, -0.15) is 0 Å². The van der Waals surface area contributed by atoms with Crippen LogP contribution < -0.4 is 9.80 Å². The molecule has 43 heavy (non-hydrogen) atoms. The van der Waals surface area contributed by atoms with E-state index in [0.29, 0.717) is 0 Å². The minimum absolute atomic E-state index is 0. The van der Waals surface area contributed by atoms with Crippen molar-refractivity contribution in [3.63, 3.8) is 0 Å². The van der Waals surface area contributed by atoms with Crippen LogP contribution in [0.5, 0.6) is 0 Å². The predicted molar refractivity (Wildman–Crippen MR) is 189 cm³/mol. The zero-order chi connectivity index (χ0) is 29.4. The number of benzene rings is 2. The van der Waals surface area contributed by atoms with Gasteiger partial charge in [0.1, 0.15) is 5.54 Å². The third kappa shape index (κ3) is 6.22. The van der Waals surface area contributed by atoms with Crippen molar-refractivity contribution < 1.29 is 19.5 Å². The van der Waals surface area contributed by atoms with E-state index in [1.54, 1.807) is 11.4 Å². The van der Waals surface area contributed by atoms with Crippen molar-refractivity contribution in [3.8, 4) is 0 Å². The van der Waals surface area contributed by atoms with Crippen LogP contribution >= 0.6 is 6.89 Å². The molecule has 2 nitrogen and oxygen atoms in total. The van der Waals surface area contributed by atoms with E-state index in [-0.39, 0.29) is 19.5 Å². The Morgan fingerprint density at radius 3 is 1.02 bits per heavy atom. The predicted octanol–water partition coefficient (Wildman–Crippen LogP) is 11.0. The molecule has 1 saturated heterocycles. The summed E-state index contributed by atoms with van der Waals surface area (Å²) in [5.74, 6) is 0. The van der Waals surface area contributed by atoms with Crippen LogP contribution in [0.15, 0.2) is 24.3 Å². The fourth-order valence-electron chi connectivity index (χ4n) is 10.5. The molecule has 4 aliphatic rings. The van der Waals surface area contributed by atoms with Crippen LogP contribution in [0, 0.1) is 41.5 Å². The van der Waals surface area contributed by atoms with Crippen LogP contribution in [-0.2, 0) is 19.5 Å². The minimum Gasteiger partial charge on any atom is -0.326 e. The van der Waals surface area contributed by atoms with Crippen molar-refractivity contribution >= 4 is 23.8 Å².